The average Bonchev–Trinajstić information content (AvgIpc) is 3.10. The van der Waals surface area contributed by atoms with Crippen molar-refractivity contribution < 1.29 is 0 Å². The molecule has 3 aromatic rings. The molecule has 1 atom stereocenters. The van der Waals surface area contributed by atoms with Crippen molar-refractivity contribution in [2.75, 3.05) is 18.0 Å². The van der Waals surface area contributed by atoms with Gasteiger partial charge in [0.1, 0.15) is 23.8 Å². The van der Waals surface area contributed by atoms with Crippen molar-refractivity contribution in [3.8, 4) is 0 Å². The summed E-state index contributed by atoms with van der Waals surface area (Å²) in [5.74, 6) is 3.36. The first-order chi connectivity index (χ1) is 11.6. The van der Waals surface area contributed by atoms with E-state index < -0.39 is 0 Å². The Labute approximate surface area is 140 Å². The number of hydrogen-bond acceptors (Lipinski definition) is 6. The number of aryl methyl sites for hydroxylation is 3. The molecule has 4 heterocycles. The minimum atomic E-state index is 0.542. The molecule has 0 radical (unpaired) electrons. The van der Waals surface area contributed by atoms with E-state index in [0.29, 0.717) is 5.92 Å². The Bertz CT molecular complexity index is 864. The molecule has 0 amide bonds. The molecule has 24 heavy (non-hydrogen) atoms. The maximum Gasteiger partial charge on any atom is 0.163 e. The van der Waals surface area contributed by atoms with Gasteiger partial charge < -0.3 is 4.90 Å². The molecule has 0 N–H and O–H groups in total. The number of aromatic nitrogens is 7. The third kappa shape index (κ3) is 2.61. The molecule has 126 valence electrons. The topological polar surface area (TPSA) is 77.5 Å². The van der Waals surface area contributed by atoms with Gasteiger partial charge in [-0.25, -0.2) is 19.6 Å². The molecule has 0 spiro atoms. The first kappa shape index (κ1) is 15.0. The summed E-state index contributed by atoms with van der Waals surface area (Å²) >= 11 is 0. The molecular formula is C16H22N8. The molecule has 3 aromatic heterocycles. The Hall–Kier alpha value is -2.51. The minimum Gasteiger partial charge on any atom is -0.356 e. The van der Waals surface area contributed by atoms with Gasteiger partial charge in [0.2, 0.25) is 0 Å². The van der Waals surface area contributed by atoms with Crippen molar-refractivity contribution in [1.29, 1.82) is 0 Å². The van der Waals surface area contributed by atoms with Crippen LogP contribution in [0.15, 0.2) is 12.5 Å². The Morgan fingerprint density at radius 3 is 2.92 bits per heavy atom. The van der Waals surface area contributed by atoms with E-state index in [1.54, 1.807) is 11.0 Å². The lowest BCUT2D eigenvalue weighted by atomic mass is 9.98. The standard InChI is InChI=1S/C16H22N8/c1-11-20-12(2)24(21-11)9-13-5-4-6-23(8-13)16-14-7-19-22(3)15(14)17-10-18-16/h7,10,13H,4-6,8-9H2,1-3H3. The molecule has 8 heteroatoms. The second kappa shape index (κ2) is 5.85. The molecule has 0 aliphatic carbocycles. The molecule has 1 saturated heterocycles. The van der Waals surface area contributed by atoms with Crippen molar-refractivity contribution in [3.05, 3.63) is 24.2 Å². The normalized spacial score (nSPS) is 18.5. The van der Waals surface area contributed by atoms with Crippen LogP contribution in [0.4, 0.5) is 5.82 Å². The van der Waals surface area contributed by atoms with Crippen LogP contribution in [0.5, 0.6) is 0 Å². The van der Waals surface area contributed by atoms with Crippen molar-refractivity contribution in [3.63, 3.8) is 0 Å². The Morgan fingerprint density at radius 1 is 1.25 bits per heavy atom. The van der Waals surface area contributed by atoms with Gasteiger partial charge in [-0.3, -0.25) is 4.68 Å². The highest BCUT2D eigenvalue weighted by molar-refractivity contribution is 5.86. The Morgan fingerprint density at radius 2 is 2.12 bits per heavy atom. The third-order valence-corrected chi connectivity index (χ3v) is 4.72. The molecule has 1 aliphatic heterocycles. The first-order valence-corrected chi connectivity index (χ1v) is 8.37. The average molecular weight is 326 g/mol. The monoisotopic (exact) mass is 326 g/mol. The van der Waals surface area contributed by atoms with E-state index in [2.05, 4.69) is 30.0 Å². The number of rotatable bonds is 3. The largest absolute Gasteiger partial charge is 0.356 e. The van der Waals surface area contributed by atoms with Crippen molar-refractivity contribution in [2.45, 2.75) is 33.2 Å². The number of piperidine rings is 1. The summed E-state index contributed by atoms with van der Waals surface area (Å²) < 4.78 is 3.83. The summed E-state index contributed by atoms with van der Waals surface area (Å²) in [6.07, 6.45) is 5.85. The lowest BCUT2D eigenvalue weighted by Crippen LogP contribution is -2.38. The maximum atomic E-state index is 4.53. The summed E-state index contributed by atoms with van der Waals surface area (Å²) in [6.45, 7) is 6.86. The van der Waals surface area contributed by atoms with Gasteiger partial charge in [-0.05, 0) is 32.6 Å². The zero-order chi connectivity index (χ0) is 16.7. The van der Waals surface area contributed by atoms with Gasteiger partial charge in [-0.15, -0.1) is 0 Å². The van der Waals surface area contributed by atoms with Crippen LogP contribution in [0.2, 0.25) is 0 Å². The fourth-order valence-electron chi connectivity index (χ4n) is 3.59. The van der Waals surface area contributed by atoms with E-state index in [9.17, 15) is 0 Å². The Kier molecular flexibility index (Phi) is 3.66. The zero-order valence-corrected chi connectivity index (χ0v) is 14.3. The molecule has 1 fully saturated rings. The Balaban J connectivity index is 1.57. The van der Waals surface area contributed by atoms with E-state index in [-0.39, 0.29) is 0 Å². The van der Waals surface area contributed by atoms with Gasteiger partial charge in [0.25, 0.3) is 0 Å². The molecule has 0 bridgehead atoms. The molecule has 8 nitrogen and oxygen atoms in total. The van der Waals surface area contributed by atoms with Crippen molar-refractivity contribution in [2.24, 2.45) is 13.0 Å². The predicted octanol–water partition coefficient (Wildman–Crippen LogP) is 1.49. The van der Waals surface area contributed by atoms with E-state index in [1.807, 2.05) is 31.8 Å². The predicted molar refractivity (Wildman–Crippen MR) is 90.7 cm³/mol. The van der Waals surface area contributed by atoms with Gasteiger partial charge in [-0.1, -0.05) is 0 Å². The molecular weight excluding hydrogens is 304 g/mol. The van der Waals surface area contributed by atoms with E-state index in [0.717, 1.165) is 54.6 Å². The fourth-order valence-corrected chi connectivity index (χ4v) is 3.59. The van der Waals surface area contributed by atoms with Crippen LogP contribution < -0.4 is 4.90 Å². The van der Waals surface area contributed by atoms with E-state index in [4.69, 9.17) is 0 Å². The van der Waals surface area contributed by atoms with E-state index in [1.165, 1.54) is 6.42 Å². The van der Waals surface area contributed by atoms with E-state index >= 15 is 0 Å². The highest BCUT2D eigenvalue weighted by Gasteiger charge is 2.24. The summed E-state index contributed by atoms with van der Waals surface area (Å²) in [5, 5.41) is 9.84. The summed E-state index contributed by atoms with van der Waals surface area (Å²) in [5.41, 5.74) is 0.880. The molecule has 1 unspecified atom stereocenters. The van der Waals surface area contributed by atoms with Crippen LogP contribution in [0.25, 0.3) is 11.0 Å². The van der Waals surface area contributed by atoms with Crippen LogP contribution >= 0.6 is 0 Å². The van der Waals surface area contributed by atoms with Crippen LogP contribution in [-0.2, 0) is 13.6 Å². The number of hydrogen-bond donors (Lipinski definition) is 0. The smallest absolute Gasteiger partial charge is 0.163 e. The summed E-state index contributed by atoms with van der Waals surface area (Å²) in [6, 6.07) is 0. The lowest BCUT2D eigenvalue weighted by molar-refractivity contribution is 0.347. The second-order valence-electron chi connectivity index (χ2n) is 6.55. The van der Waals surface area contributed by atoms with Crippen LogP contribution in [0, 0.1) is 19.8 Å². The van der Waals surface area contributed by atoms with Gasteiger partial charge in [-0.2, -0.15) is 10.2 Å². The van der Waals surface area contributed by atoms with Crippen molar-refractivity contribution >= 4 is 16.9 Å². The summed E-state index contributed by atoms with van der Waals surface area (Å²) in [4.78, 5) is 15.6. The SMILES string of the molecule is Cc1nc(C)n(CC2CCCN(c3ncnc4c3cnn4C)C2)n1. The summed E-state index contributed by atoms with van der Waals surface area (Å²) in [7, 11) is 1.91. The zero-order valence-electron chi connectivity index (χ0n) is 14.3. The fraction of sp³-hybridized carbons (Fsp3) is 0.562. The first-order valence-electron chi connectivity index (χ1n) is 8.37. The lowest BCUT2D eigenvalue weighted by Gasteiger charge is -2.33. The molecule has 0 saturated carbocycles. The van der Waals surface area contributed by atoms with Gasteiger partial charge in [0.05, 0.1) is 11.6 Å². The van der Waals surface area contributed by atoms with Gasteiger partial charge in [0, 0.05) is 26.7 Å². The number of anilines is 1. The molecule has 1 aliphatic rings. The van der Waals surface area contributed by atoms with Crippen molar-refractivity contribution in [1.82, 2.24) is 34.5 Å². The highest BCUT2D eigenvalue weighted by atomic mass is 15.3. The quantitative estimate of drug-likeness (QED) is 0.726. The third-order valence-electron chi connectivity index (χ3n) is 4.72. The molecule has 4 rings (SSSR count). The van der Waals surface area contributed by atoms with Gasteiger partial charge in [0.15, 0.2) is 5.65 Å². The highest BCUT2D eigenvalue weighted by Crippen LogP contribution is 2.27. The molecule has 0 aromatic carbocycles. The minimum absolute atomic E-state index is 0.542. The van der Waals surface area contributed by atoms with Crippen LogP contribution in [0.1, 0.15) is 24.5 Å². The van der Waals surface area contributed by atoms with Crippen LogP contribution in [0.3, 0.4) is 0 Å². The second-order valence-corrected chi connectivity index (χ2v) is 6.55. The number of nitrogens with zero attached hydrogens (tertiary/aromatic N) is 8. The maximum absolute atomic E-state index is 4.53. The van der Waals surface area contributed by atoms with Gasteiger partial charge >= 0.3 is 0 Å². The number of fused-ring (bicyclic) bond motifs is 1. The van der Waals surface area contributed by atoms with Crippen LogP contribution in [-0.4, -0.2) is 47.6 Å².